The number of halogens is 3. The van der Waals surface area contributed by atoms with Crippen molar-refractivity contribution in [1.29, 1.82) is 0 Å². The van der Waals surface area contributed by atoms with Gasteiger partial charge in [-0.2, -0.15) is 13.2 Å². The quantitative estimate of drug-likeness (QED) is 0.647. The normalized spacial score (nSPS) is 34.9. The van der Waals surface area contributed by atoms with Gasteiger partial charge in [0.25, 0.3) is 0 Å². The van der Waals surface area contributed by atoms with E-state index in [4.69, 9.17) is 0 Å². The fraction of sp³-hybridized carbons (Fsp3) is 0.667. The number of fused-ring (bicyclic) bond motifs is 2. The number of hydrogen-bond acceptors (Lipinski definition) is 1. The van der Waals surface area contributed by atoms with Crippen molar-refractivity contribution in [2.75, 3.05) is 0 Å². The molecule has 0 aliphatic heterocycles. The third kappa shape index (κ3) is 1.63. The smallest absolute Gasteiger partial charge is 0.345 e. The van der Waals surface area contributed by atoms with E-state index in [0.717, 1.165) is 6.42 Å². The van der Waals surface area contributed by atoms with Crippen molar-refractivity contribution in [2.24, 2.45) is 11.8 Å². The Hall–Kier alpha value is -1.00. The minimum Gasteiger partial charge on any atom is -0.345 e. The molecule has 2 aliphatic rings. The number of carbonyl (C=O) groups is 1. The van der Waals surface area contributed by atoms with Crippen LogP contribution in [0.1, 0.15) is 12.8 Å². The molecule has 2 bridgehead atoms. The maximum atomic E-state index is 11.9. The molecule has 0 radical (unpaired) electrons. The summed E-state index contributed by atoms with van der Waals surface area (Å²) in [7, 11) is 0. The zero-order chi connectivity index (χ0) is 10.3. The second-order valence-electron chi connectivity index (χ2n) is 3.86. The summed E-state index contributed by atoms with van der Waals surface area (Å²) in [5, 5.41) is 2.04. The van der Waals surface area contributed by atoms with Gasteiger partial charge in [-0.05, 0) is 24.7 Å². The molecule has 0 aromatic heterocycles. The maximum absolute atomic E-state index is 11.9. The number of allylic oxidation sites excluding steroid dienone is 1. The van der Waals surface area contributed by atoms with Gasteiger partial charge in [0.2, 0.25) is 0 Å². The minimum absolute atomic E-state index is 0.103. The van der Waals surface area contributed by atoms with Gasteiger partial charge in [0.1, 0.15) is 0 Å². The summed E-state index contributed by atoms with van der Waals surface area (Å²) in [6, 6.07) is -0.320. The predicted molar refractivity (Wildman–Crippen MR) is 43.3 cm³/mol. The first-order valence-corrected chi connectivity index (χ1v) is 4.53. The Kier molecular flexibility index (Phi) is 2.05. The topological polar surface area (TPSA) is 29.1 Å². The van der Waals surface area contributed by atoms with Crippen LogP contribution in [0.3, 0.4) is 0 Å². The van der Waals surface area contributed by atoms with Crippen molar-refractivity contribution in [1.82, 2.24) is 5.32 Å². The third-order valence-corrected chi connectivity index (χ3v) is 2.85. The minimum atomic E-state index is -4.76. The molecule has 2 rings (SSSR count). The van der Waals surface area contributed by atoms with Gasteiger partial charge in [0.05, 0.1) is 0 Å². The summed E-state index contributed by atoms with van der Waals surface area (Å²) in [5.74, 6) is -1.35. The number of amides is 1. The van der Waals surface area contributed by atoms with E-state index in [9.17, 15) is 18.0 Å². The van der Waals surface area contributed by atoms with Crippen molar-refractivity contribution >= 4 is 5.91 Å². The van der Waals surface area contributed by atoms with Gasteiger partial charge in [-0.25, -0.2) is 0 Å². The lowest BCUT2D eigenvalue weighted by atomic mass is 10.0. The molecule has 1 saturated carbocycles. The van der Waals surface area contributed by atoms with Crippen molar-refractivity contribution in [3.05, 3.63) is 12.2 Å². The largest absolute Gasteiger partial charge is 0.471 e. The Balaban J connectivity index is 1.94. The van der Waals surface area contributed by atoms with Crippen molar-refractivity contribution < 1.29 is 18.0 Å². The second-order valence-corrected chi connectivity index (χ2v) is 3.86. The van der Waals surface area contributed by atoms with E-state index in [0.29, 0.717) is 12.3 Å². The molecule has 0 aromatic carbocycles. The van der Waals surface area contributed by atoms with Crippen LogP contribution >= 0.6 is 0 Å². The van der Waals surface area contributed by atoms with Crippen LogP contribution in [0.25, 0.3) is 0 Å². The van der Waals surface area contributed by atoms with Crippen LogP contribution in [0.4, 0.5) is 13.2 Å². The molecule has 2 nitrogen and oxygen atoms in total. The Morgan fingerprint density at radius 3 is 2.43 bits per heavy atom. The standard InChI is InChI=1S/C9H10F3NO/c10-9(11,12)8(14)13-7-4-5-1-2-6(7)3-5/h1-2,5-7H,3-4H2,(H,13,14)/t5-,6+,7-/m1/s1. The van der Waals surface area contributed by atoms with Gasteiger partial charge in [-0.15, -0.1) is 0 Å². The van der Waals surface area contributed by atoms with Crippen LogP contribution in [0.2, 0.25) is 0 Å². The van der Waals surface area contributed by atoms with Gasteiger partial charge in [0.15, 0.2) is 0 Å². The van der Waals surface area contributed by atoms with Crippen LogP contribution in [-0.4, -0.2) is 18.1 Å². The van der Waals surface area contributed by atoms with Crippen LogP contribution in [0.5, 0.6) is 0 Å². The molecule has 1 fully saturated rings. The highest BCUT2D eigenvalue weighted by molar-refractivity contribution is 5.82. The van der Waals surface area contributed by atoms with E-state index >= 15 is 0 Å². The van der Waals surface area contributed by atoms with Crippen molar-refractivity contribution in [2.45, 2.75) is 25.1 Å². The van der Waals surface area contributed by atoms with Gasteiger partial charge in [0, 0.05) is 6.04 Å². The molecule has 0 saturated heterocycles. The first kappa shape index (κ1) is 9.55. The molecule has 1 amide bonds. The zero-order valence-electron chi connectivity index (χ0n) is 7.34. The van der Waals surface area contributed by atoms with Crippen LogP contribution in [-0.2, 0) is 4.79 Å². The number of nitrogens with one attached hydrogen (secondary N) is 1. The van der Waals surface area contributed by atoms with Crippen molar-refractivity contribution in [3.63, 3.8) is 0 Å². The van der Waals surface area contributed by atoms with Gasteiger partial charge in [-0.3, -0.25) is 4.79 Å². The average Bonchev–Trinajstić information content (AvgIpc) is 2.62. The number of carbonyl (C=O) groups excluding carboxylic acids is 1. The molecule has 0 unspecified atom stereocenters. The molecular weight excluding hydrogens is 195 g/mol. The molecule has 0 heterocycles. The van der Waals surface area contributed by atoms with E-state index in [-0.39, 0.29) is 12.0 Å². The van der Waals surface area contributed by atoms with Crippen LogP contribution in [0, 0.1) is 11.8 Å². The monoisotopic (exact) mass is 205 g/mol. The van der Waals surface area contributed by atoms with E-state index in [1.165, 1.54) is 0 Å². The number of rotatable bonds is 1. The van der Waals surface area contributed by atoms with Crippen LogP contribution in [0.15, 0.2) is 12.2 Å². The summed E-state index contributed by atoms with van der Waals surface area (Å²) in [4.78, 5) is 10.6. The lowest BCUT2D eigenvalue weighted by molar-refractivity contribution is -0.174. The molecule has 3 atom stereocenters. The average molecular weight is 205 g/mol. The molecule has 1 N–H and O–H groups in total. The van der Waals surface area contributed by atoms with E-state index < -0.39 is 12.1 Å². The van der Waals surface area contributed by atoms with Gasteiger partial charge < -0.3 is 5.32 Å². The zero-order valence-corrected chi connectivity index (χ0v) is 7.34. The Bertz CT molecular complexity index is 284. The summed E-state index contributed by atoms with van der Waals surface area (Å²) in [6.45, 7) is 0. The second kappa shape index (κ2) is 3.00. The number of hydrogen-bond donors (Lipinski definition) is 1. The summed E-state index contributed by atoms with van der Waals surface area (Å²) >= 11 is 0. The van der Waals surface area contributed by atoms with E-state index in [2.05, 4.69) is 0 Å². The van der Waals surface area contributed by atoms with Crippen LogP contribution < -0.4 is 5.32 Å². The number of alkyl halides is 3. The van der Waals surface area contributed by atoms with Gasteiger partial charge in [-0.1, -0.05) is 12.2 Å². The SMILES string of the molecule is O=C(N[C@@H]1C[C@@H]2C=C[C@H]1C2)C(F)(F)F. The Morgan fingerprint density at radius 1 is 1.29 bits per heavy atom. The lowest BCUT2D eigenvalue weighted by Crippen LogP contribution is -2.44. The molecule has 78 valence electrons. The third-order valence-electron chi connectivity index (χ3n) is 2.85. The lowest BCUT2D eigenvalue weighted by Gasteiger charge is -2.20. The maximum Gasteiger partial charge on any atom is 0.471 e. The van der Waals surface area contributed by atoms with E-state index in [1.54, 1.807) is 0 Å². The predicted octanol–water partition coefficient (Wildman–Crippen LogP) is 1.63. The molecule has 2 aliphatic carbocycles. The molecule has 14 heavy (non-hydrogen) atoms. The van der Waals surface area contributed by atoms with Gasteiger partial charge >= 0.3 is 12.1 Å². The highest BCUT2D eigenvalue weighted by Gasteiger charge is 2.43. The Morgan fingerprint density at radius 2 is 2.00 bits per heavy atom. The Labute approximate surface area is 79.2 Å². The fourth-order valence-electron chi connectivity index (χ4n) is 2.20. The summed E-state index contributed by atoms with van der Waals surface area (Å²) < 4.78 is 35.7. The molecule has 0 aromatic rings. The summed E-state index contributed by atoms with van der Waals surface area (Å²) in [5.41, 5.74) is 0. The van der Waals surface area contributed by atoms with Crippen molar-refractivity contribution in [3.8, 4) is 0 Å². The first-order valence-electron chi connectivity index (χ1n) is 4.53. The highest BCUT2D eigenvalue weighted by atomic mass is 19.4. The highest BCUT2D eigenvalue weighted by Crippen LogP contribution is 2.39. The molecule has 5 heteroatoms. The first-order chi connectivity index (χ1) is 6.47. The molecule has 0 spiro atoms. The van der Waals surface area contributed by atoms with E-state index in [1.807, 2.05) is 17.5 Å². The summed E-state index contributed by atoms with van der Waals surface area (Å²) in [6.07, 6.45) is 0.674. The fourth-order valence-corrected chi connectivity index (χ4v) is 2.20. The molecular formula is C9H10F3NO.